The topological polar surface area (TPSA) is 115 Å². The van der Waals surface area contributed by atoms with E-state index in [9.17, 15) is 5.11 Å². The molecule has 0 amide bonds. The Balaban J connectivity index is 2.88. The Morgan fingerprint density at radius 1 is 1.32 bits per heavy atom. The first-order valence-electron chi connectivity index (χ1n) is 9.05. The van der Waals surface area contributed by atoms with E-state index in [4.69, 9.17) is 16.9 Å². The molecule has 1 heterocycles. The number of amidine groups is 1. The summed E-state index contributed by atoms with van der Waals surface area (Å²) in [6, 6.07) is 0.515. The summed E-state index contributed by atoms with van der Waals surface area (Å²) in [5.41, 5.74) is 13.3. The predicted molar refractivity (Wildman–Crippen MR) is 104 cm³/mol. The first-order chi connectivity index (χ1) is 11.6. The Morgan fingerprint density at radius 3 is 2.32 bits per heavy atom. The lowest BCUT2D eigenvalue weighted by molar-refractivity contribution is 0.0874. The molecule has 0 aromatic carbocycles. The third kappa shape index (κ3) is 6.59. The van der Waals surface area contributed by atoms with Crippen molar-refractivity contribution in [3.8, 4) is 0 Å². The maximum atomic E-state index is 9.75. The summed E-state index contributed by atoms with van der Waals surface area (Å²) in [5.74, 6) is 1.35. The van der Waals surface area contributed by atoms with Crippen molar-refractivity contribution in [1.29, 1.82) is 5.41 Å². The number of rotatable bonds is 7. The van der Waals surface area contributed by atoms with E-state index in [1.165, 1.54) is 4.90 Å². The van der Waals surface area contributed by atoms with Crippen LogP contribution in [0.1, 0.15) is 40.5 Å². The van der Waals surface area contributed by atoms with Crippen molar-refractivity contribution in [2.24, 2.45) is 17.4 Å². The van der Waals surface area contributed by atoms with Gasteiger partial charge in [0.2, 0.25) is 0 Å². The van der Waals surface area contributed by atoms with E-state index in [-0.39, 0.29) is 5.84 Å². The maximum absolute atomic E-state index is 9.75. The Labute approximate surface area is 152 Å². The van der Waals surface area contributed by atoms with Crippen LogP contribution in [0.25, 0.3) is 0 Å². The van der Waals surface area contributed by atoms with Gasteiger partial charge in [-0.1, -0.05) is 13.8 Å². The highest BCUT2D eigenvalue weighted by Crippen LogP contribution is 2.18. The van der Waals surface area contributed by atoms with E-state index in [1.54, 1.807) is 27.0 Å². The molecule has 1 fully saturated rings. The summed E-state index contributed by atoms with van der Waals surface area (Å²) in [5, 5.41) is 21.7. The standard InChI is InChI=1S/C18H36N6O/c1-12(2)11-22-15-6-8-24(9-7-15)18(21)16(10-13(3)19)17(20)23(5)14(4)25/h10,12,14-15,20,22,25H,6-9,11,19,21H2,1-5H3/b13-10-,18-16-,20-17?. The molecule has 144 valence electrons. The van der Waals surface area contributed by atoms with Crippen LogP contribution in [-0.2, 0) is 0 Å². The summed E-state index contributed by atoms with van der Waals surface area (Å²) >= 11 is 0. The van der Waals surface area contributed by atoms with E-state index in [1.807, 2.05) is 0 Å². The van der Waals surface area contributed by atoms with Crippen molar-refractivity contribution in [3.63, 3.8) is 0 Å². The number of aliphatic hydroxyl groups is 1. The monoisotopic (exact) mass is 352 g/mol. The third-order valence-corrected chi connectivity index (χ3v) is 4.47. The van der Waals surface area contributed by atoms with Crippen LogP contribution >= 0.6 is 0 Å². The van der Waals surface area contributed by atoms with Crippen molar-refractivity contribution in [3.05, 3.63) is 23.2 Å². The zero-order chi connectivity index (χ0) is 19.1. The largest absolute Gasteiger partial charge is 0.402 e. The van der Waals surface area contributed by atoms with Crippen molar-refractivity contribution in [2.45, 2.75) is 52.8 Å². The molecule has 0 bridgehead atoms. The molecule has 7 heteroatoms. The summed E-state index contributed by atoms with van der Waals surface area (Å²) in [6.45, 7) is 10.5. The third-order valence-electron chi connectivity index (χ3n) is 4.47. The minimum atomic E-state index is -0.771. The molecule has 7 N–H and O–H groups in total. The minimum Gasteiger partial charge on any atom is -0.402 e. The first kappa shape index (κ1) is 21.3. The van der Waals surface area contributed by atoms with Gasteiger partial charge >= 0.3 is 0 Å². The van der Waals surface area contributed by atoms with E-state index < -0.39 is 6.23 Å². The zero-order valence-electron chi connectivity index (χ0n) is 16.3. The van der Waals surface area contributed by atoms with Gasteiger partial charge < -0.3 is 31.7 Å². The van der Waals surface area contributed by atoms with Gasteiger partial charge in [0.25, 0.3) is 0 Å². The molecule has 0 saturated carbocycles. The summed E-state index contributed by atoms with van der Waals surface area (Å²) in [6.07, 6.45) is 2.98. The molecule has 1 aliphatic heterocycles. The lowest BCUT2D eigenvalue weighted by Crippen LogP contribution is -2.45. The summed E-state index contributed by atoms with van der Waals surface area (Å²) in [4.78, 5) is 3.57. The number of likely N-dealkylation sites (tertiary alicyclic amines) is 1. The average molecular weight is 353 g/mol. The fraction of sp³-hybridized carbons (Fsp3) is 0.722. The number of piperidine rings is 1. The van der Waals surface area contributed by atoms with Crippen LogP contribution in [0.4, 0.5) is 0 Å². The molecule has 1 rings (SSSR count). The second kappa shape index (κ2) is 9.68. The molecule has 0 aromatic heterocycles. The van der Waals surface area contributed by atoms with Gasteiger partial charge in [-0.25, -0.2) is 0 Å². The second-order valence-corrected chi connectivity index (χ2v) is 7.34. The first-order valence-corrected chi connectivity index (χ1v) is 9.05. The SMILES string of the molecule is C/C(N)=C/C(C(=N)N(C)C(C)O)=C(\N)N1CCC(NCC(C)C)CC1. The number of hydrogen-bond donors (Lipinski definition) is 5. The van der Waals surface area contributed by atoms with Gasteiger partial charge in [-0.05, 0) is 45.2 Å². The van der Waals surface area contributed by atoms with E-state index in [0.717, 1.165) is 32.5 Å². The maximum Gasteiger partial charge on any atom is 0.133 e. The molecular formula is C18H36N6O. The molecule has 1 saturated heterocycles. The number of hydrogen-bond acceptors (Lipinski definition) is 6. The smallest absolute Gasteiger partial charge is 0.133 e. The number of nitrogens with two attached hydrogens (primary N) is 2. The molecular weight excluding hydrogens is 316 g/mol. The van der Waals surface area contributed by atoms with Gasteiger partial charge in [0, 0.05) is 31.9 Å². The predicted octanol–water partition coefficient (Wildman–Crippen LogP) is 0.977. The summed E-state index contributed by atoms with van der Waals surface area (Å²) < 4.78 is 0. The average Bonchev–Trinajstić information content (AvgIpc) is 2.56. The molecule has 1 aliphatic rings. The van der Waals surface area contributed by atoms with Gasteiger partial charge in [-0.3, -0.25) is 5.41 Å². The van der Waals surface area contributed by atoms with Gasteiger partial charge in [0.1, 0.15) is 17.9 Å². The molecule has 0 aromatic rings. The van der Waals surface area contributed by atoms with Crippen LogP contribution in [0.3, 0.4) is 0 Å². The highest BCUT2D eigenvalue weighted by Gasteiger charge is 2.23. The van der Waals surface area contributed by atoms with Crippen LogP contribution in [0.15, 0.2) is 23.2 Å². The van der Waals surface area contributed by atoms with Crippen molar-refractivity contribution < 1.29 is 5.11 Å². The van der Waals surface area contributed by atoms with Gasteiger partial charge in [0.15, 0.2) is 0 Å². The van der Waals surface area contributed by atoms with Crippen LogP contribution < -0.4 is 16.8 Å². The minimum absolute atomic E-state index is 0.164. The van der Waals surface area contributed by atoms with Crippen LogP contribution in [-0.4, -0.2) is 59.7 Å². The molecule has 0 radical (unpaired) electrons. The summed E-state index contributed by atoms with van der Waals surface area (Å²) in [7, 11) is 1.67. The van der Waals surface area contributed by atoms with E-state index in [0.29, 0.717) is 29.1 Å². The number of allylic oxidation sites excluding steroid dienone is 1. The Hall–Kier alpha value is -1.73. The van der Waals surface area contributed by atoms with Gasteiger partial charge in [-0.2, -0.15) is 0 Å². The molecule has 0 spiro atoms. The van der Waals surface area contributed by atoms with E-state index >= 15 is 0 Å². The van der Waals surface area contributed by atoms with Gasteiger partial charge in [-0.15, -0.1) is 0 Å². The van der Waals surface area contributed by atoms with Crippen LogP contribution in [0.2, 0.25) is 0 Å². The molecule has 1 unspecified atom stereocenters. The number of likely N-dealkylation sites (N-methyl/N-ethyl adjacent to an activating group) is 1. The normalized spacial score (nSPS) is 19.0. The van der Waals surface area contributed by atoms with Gasteiger partial charge in [0.05, 0.1) is 5.57 Å². The number of nitrogens with one attached hydrogen (secondary N) is 2. The van der Waals surface area contributed by atoms with Crippen LogP contribution in [0, 0.1) is 11.3 Å². The molecule has 25 heavy (non-hydrogen) atoms. The Morgan fingerprint density at radius 2 is 1.88 bits per heavy atom. The lowest BCUT2D eigenvalue weighted by atomic mass is 10.0. The zero-order valence-corrected chi connectivity index (χ0v) is 16.3. The molecule has 7 nitrogen and oxygen atoms in total. The molecule has 1 atom stereocenters. The van der Waals surface area contributed by atoms with Crippen molar-refractivity contribution >= 4 is 5.84 Å². The second-order valence-electron chi connectivity index (χ2n) is 7.34. The number of aliphatic hydroxyl groups excluding tert-OH is 1. The van der Waals surface area contributed by atoms with Crippen molar-refractivity contribution in [2.75, 3.05) is 26.7 Å². The van der Waals surface area contributed by atoms with Crippen LogP contribution in [0.5, 0.6) is 0 Å². The Bertz CT molecular complexity index is 500. The fourth-order valence-electron chi connectivity index (χ4n) is 2.77. The van der Waals surface area contributed by atoms with Crippen molar-refractivity contribution in [1.82, 2.24) is 15.1 Å². The highest BCUT2D eigenvalue weighted by molar-refractivity contribution is 5.99. The Kier molecular flexibility index (Phi) is 8.25. The lowest BCUT2D eigenvalue weighted by Gasteiger charge is -2.36. The van der Waals surface area contributed by atoms with E-state index in [2.05, 4.69) is 24.1 Å². The quantitative estimate of drug-likeness (QED) is 0.202. The highest BCUT2D eigenvalue weighted by atomic mass is 16.3. The fourth-order valence-corrected chi connectivity index (χ4v) is 2.77. The molecule has 0 aliphatic carbocycles. The number of nitrogens with zero attached hydrogens (tertiary/aromatic N) is 2.